The number of nitrogens with two attached hydrogens (primary N) is 1. The first kappa shape index (κ1) is 22.4. The molecule has 2 atom stereocenters. The molecule has 3 aromatic rings. The predicted molar refractivity (Wildman–Crippen MR) is 130 cm³/mol. The van der Waals surface area contributed by atoms with Gasteiger partial charge in [-0.25, -0.2) is 9.38 Å². The molecule has 166 valence electrons. The van der Waals surface area contributed by atoms with Crippen LogP contribution in [0.1, 0.15) is 29.3 Å². The van der Waals surface area contributed by atoms with E-state index in [0.29, 0.717) is 17.5 Å². The number of guanidine groups is 1. The Kier molecular flexibility index (Phi) is 6.12. The molecule has 2 aromatic carbocycles. The molecule has 1 amide bonds. The lowest BCUT2D eigenvalue weighted by Crippen LogP contribution is -2.53. The SMILES string of the molecule is CN1C(=O)C(CC=Cc2ccccc2F)[C@@](C)(c2cc(-c3cccc(C#N)c3)cs2)N=C1N. The lowest BCUT2D eigenvalue weighted by atomic mass is 9.79. The van der Waals surface area contributed by atoms with Crippen LogP contribution in [0.25, 0.3) is 17.2 Å². The minimum absolute atomic E-state index is 0.135. The Balaban J connectivity index is 1.69. The van der Waals surface area contributed by atoms with Gasteiger partial charge in [0.05, 0.1) is 17.6 Å². The van der Waals surface area contributed by atoms with E-state index >= 15 is 0 Å². The quantitative estimate of drug-likeness (QED) is 0.574. The first-order valence-corrected chi connectivity index (χ1v) is 11.3. The van der Waals surface area contributed by atoms with Crippen LogP contribution in [0.4, 0.5) is 4.39 Å². The molecule has 7 heteroatoms. The molecule has 0 aliphatic carbocycles. The lowest BCUT2D eigenvalue weighted by molar-refractivity contribution is -0.133. The van der Waals surface area contributed by atoms with Crippen LogP contribution in [0.2, 0.25) is 0 Å². The summed E-state index contributed by atoms with van der Waals surface area (Å²) in [7, 11) is 1.61. The third-order valence-corrected chi connectivity index (χ3v) is 7.15. The van der Waals surface area contributed by atoms with Crippen molar-refractivity contribution >= 4 is 29.3 Å². The average Bonchev–Trinajstić information content (AvgIpc) is 3.32. The predicted octanol–water partition coefficient (Wildman–Crippen LogP) is 5.15. The first-order valence-electron chi connectivity index (χ1n) is 10.5. The summed E-state index contributed by atoms with van der Waals surface area (Å²) in [6.07, 6.45) is 3.88. The molecular formula is C26H23FN4OS. The Morgan fingerprint density at radius 1 is 1.24 bits per heavy atom. The van der Waals surface area contributed by atoms with E-state index in [1.54, 1.807) is 37.4 Å². The minimum atomic E-state index is -0.872. The zero-order chi connectivity index (χ0) is 23.6. The number of carbonyl (C=O) groups excluding carboxylic acids is 1. The van der Waals surface area contributed by atoms with Gasteiger partial charge >= 0.3 is 0 Å². The average molecular weight is 459 g/mol. The maximum Gasteiger partial charge on any atom is 0.235 e. The van der Waals surface area contributed by atoms with Gasteiger partial charge in [-0.1, -0.05) is 42.5 Å². The highest BCUT2D eigenvalue weighted by atomic mass is 32.1. The molecule has 0 saturated heterocycles. The zero-order valence-electron chi connectivity index (χ0n) is 18.3. The summed E-state index contributed by atoms with van der Waals surface area (Å²) in [6, 6.07) is 18.1. The maximum absolute atomic E-state index is 14.0. The lowest BCUT2D eigenvalue weighted by Gasteiger charge is -2.39. The molecular weight excluding hydrogens is 435 g/mol. The summed E-state index contributed by atoms with van der Waals surface area (Å²) in [6.45, 7) is 1.91. The number of benzene rings is 2. The van der Waals surface area contributed by atoms with Crippen molar-refractivity contribution in [2.75, 3.05) is 7.05 Å². The maximum atomic E-state index is 14.0. The van der Waals surface area contributed by atoms with E-state index in [0.717, 1.165) is 16.0 Å². The van der Waals surface area contributed by atoms with Crippen molar-refractivity contribution in [3.05, 3.63) is 87.9 Å². The summed E-state index contributed by atoms with van der Waals surface area (Å²) in [5, 5.41) is 11.2. The smallest absolute Gasteiger partial charge is 0.235 e. The van der Waals surface area contributed by atoms with Crippen LogP contribution in [-0.4, -0.2) is 23.8 Å². The summed E-state index contributed by atoms with van der Waals surface area (Å²) >= 11 is 1.50. The monoisotopic (exact) mass is 458 g/mol. The Hall–Kier alpha value is -3.76. The zero-order valence-corrected chi connectivity index (χ0v) is 19.1. The molecule has 0 saturated carbocycles. The molecule has 4 rings (SSSR count). The van der Waals surface area contributed by atoms with Crippen LogP contribution in [0.5, 0.6) is 0 Å². The van der Waals surface area contributed by atoms with Crippen LogP contribution in [0.15, 0.2) is 71.0 Å². The molecule has 1 aliphatic heterocycles. The molecule has 33 heavy (non-hydrogen) atoms. The van der Waals surface area contributed by atoms with Crippen molar-refractivity contribution in [3.63, 3.8) is 0 Å². The molecule has 2 heterocycles. The van der Waals surface area contributed by atoms with Gasteiger partial charge in [0, 0.05) is 17.5 Å². The van der Waals surface area contributed by atoms with Crippen molar-refractivity contribution in [2.24, 2.45) is 16.6 Å². The van der Waals surface area contributed by atoms with Gasteiger partial charge < -0.3 is 5.73 Å². The van der Waals surface area contributed by atoms with Gasteiger partial charge in [-0.2, -0.15) is 5.26 Å². The second kappa shape index (κ2) is 9.00. The molecule has 5 nitrogen and oxygen atoms in total. The summed E-state index contributed by atoms with van der Waals surface area (Å²) < 4.78 is 14.0. The topological polar surface area (TPSA) is 82.5 Å². The fourth-order valence-electron chi connectivity index (χ4n) is 4.00. The van der Waals surface area contributed by atoms with Crippen LogP contribution in [0, 0.1) is 23.1 Å². The molecule has 1 unspecified atom stereocenters. The summed E-state index contributed by atoms with van der Waals surface area (Å²) in [4.78, 5) is 20.2. The number of aliphatic imine (C=N–C) groups is 1. The van der Waals surface area contributed by atoms with E-state index < -0.39 is 11.5 Å². The fourth-order valence-corrected chi connectivity index (χ4v) is 5.08. The third kappa shape index (κ3) is 4.30. The Labute approximate surface area is 196 Å². The standard InChI is InChI=1S/C26H23FN4OS/c1-26(23-14-20(16-33-23)19-10-5-7-17(13-19)15-28)21(24(32)31(2)25(29)30-26)11-6-9-18-8-3-4-12-22(18)27/h3-10,12-14,16,21H,11H2,1-2H3,(H2,29,30)/t21?,26-/m0/s1. The molecule has 0 bridgehead atoms. The van der Waals surface area contributed by atoms with Gasteiger partial charge in [0.2, 0.25) is 5.91 Å². The highest BCUT2D eigenvalue weighted by Gasteiger charge is 2.46. The molecule has 1 aromatic heterocycles. The van der Waals surface area contributed by atoms with Gasteiger partial charge in [-0.15, -0.1) is 11.3 Å². The number of rotatable bonds is 5. The molecule has 0 radical (unpaired) electrons. The largest absolute Gasteiger partial charge is 0.369 e. The first-order chi connectivity index (χ1) is 15.8. The minimum Gasteiger partial charge on any atom is -0.369 e. The number of halogens is 1. The highest BCUT2D eigenvalue weighted by molar-refractivity contribution is 7.10. The second-order valence-electron chi connectivity index (χ2n) is 8.12. The van der Waals surface area contributed by atoms with Gasteiger partial charge in [0.25, 0.3) is 0 Å². The van der Waals surface area contributed by atoms with Gasteiger partial charge in [0.15, 0.2) is 5.96 Å². The van der Waals surface area contributed by atoms with E-state index in [9.17, 15) is 14.4 Å². The number of nitrogens with zero attached hydrogens (tertiary/aromatic N) is 3. The summed E-state index contributed by atoms with van der Waals surface area (Å²) in [5.74, 6) is -0.786. The van der Waals surface area contributed by atoms with Crippen molar-refractivity contribution in [2.45, 2.75) is 18.9 Å². The molecule has 2 N–H and O–H groups in total. The number of hydrogen-bond acceptors (Lipinski definition) is 5. The second-order valence-corrected chi connectivity index (χ2v) is 9.03. The Bertz CT molecular complexity index is 1310. The van der Waals surface area contributed by atoms with E-state index in [-0.39, 0.29) is 17.7 Å². The van der Waals surface area contributed by atoms with E-state index in [1.807, 2.05) is 42.6 Å². The Morgan fingerprint density at radius 3 is 2.79 bits per heavy atom. The highest BCUT2D eigenvalue weighted by Crippen LogP contribution is 2.44. The number of carbonyl (C=O) groups is 1. The van der Waals surface area contributed by atoms with Crippen LogP contribution < -0.4 is 5.73 Å². The van der Waals surface area contributed by atoms with Crippen molar-refractivity contribution in [1.82, 2.24) is 4.90 Å². The van der Waals surface area contributed by atoms with Crippen molar-refractivity contribution < 1.29 is 9.18 Å². The number of nitriles is 1. The normalized spacial score (nSPS) is 20.7. The van der Waals surface area contributed by atoms with E-state index in [2.05, 4.69) is 6.07 Å². The van der Waals surface area contributed by atoms with Gasteiger partial charge in [0.1, 0.15) is 11.4 Å². The number of thiophene rings is 1. The van der Waals surface area contributed by atoms with Crippen LogP contribution in [-0.2, 0) is 10.3 Å². The molecule has 0 fully saturated rings. The fraction of sp³-hybridized carbons (Fsp3) is 0.192. The summed E-state index contributed by atoms with van der Waals surface area (Å²) in [5.41, 5.74) is 8.15. The number of amides is 1. The Morgan fingerprint density at radius 2 is 2.03 bits per heavy atom. The number of hydrogen-bond donors (Lipinski definition) is 1. The third-order valence-electron chi connectivity index (χ3n) is 6.00. The van der Waals surface area contributed by atoms with E-state index in [1.165, 1.54) is 22.3 Å². The molecule has 0 spiro atoms. The van der Waals surface area contributed by atoms with Crippen molar-refractivity contribution in [1.29, 1.82) is 5.26 Å². The van der Waals surface area contributed by atoms with Gasteiger partial charge in [-0.05, 0) is 54.1 Å². The van der Waals surface area contributed by atoms with Gasteiger partial charge in [-0.3, -0.25) is 9.69 Å². The van der Waals surface area contributed by atoms with Crippen molar-refractivity contribution in [3.8, 4) is 17.2 Å². The van der Waals surface area contributed by atoms with Crippen LogP contribution in [0.3, 0.4) is 0 Å². The number of allylic oxidation sites excluding steroid dienone is 1. The van der Waals surface area contributed by atoms with Crippen LogP contribution >= 0.6 is 11.3 Å². The molecule has 1 aliphatic rings. The van der Waals surface area contributed by atoms with E-state index in [4.69, 9.17) is 10.7 Å².